The molecule has 2 rings (SSSR count). The van der Waals surface area contributed by atoms with Crippen molar-refractivity contribution in [2.24, 2.45) is 5.92 Å². The van der Waals surface area contributed by atoms with Crippen LogP contribution in [0.4, 0.5) is 0 Å². The van der Waals surface area contributed by atoms with Gasteiger partial charge in [-0.3, -0.25) is 4.90 Å². The van der Waals surface area contributed by atoms with Crippen molar-refractivity contribution < 1.29 is 5.11 Å². The fraction of sp³-hybridized carbons (Fsp3) is 0.583. The van der Waals surface area contributed by atoms with Gasteiger partial charge in [-0.25, -0.2) is 0 Å². The molecule has 0 aromatic carbocycles. The molecule has 1 aromatic rings. The van der Waals surface area contributed by atoms with Crippen LogP contribution in [-0.4, -0.2) is 29.7 Å². The fourth-order valence-corrected chi connectivity index (χ4v) is 3.04. The fourth-order valence-electron chi connectivity index (χ4n) is 2.19. The highest BCUT2D eigenvalue weighted by Gasteiger charge is 2.19. The summed E-state index contributed by atoms with van der Waals surface area (Å²) in [5.74, 6) is 0.434. The molecule has 0 bridgehead atoms. The van der Waals surface area contributed by atoms with Gasteiger partial charge in [0.05, 0.1) is 5.56 Å². The summed E-state index contributed by atoms with van der Waals surface area (Å²) in [4.78, 5) is 3.62. The Balaban J connectivity index is 1.91. The third kappa shape index (κ3) is 2.82. The summed E-state index contributed by atoms with van der Waals surface area (Å²) in [6.45, 7) is 3.31. The molecular weight excluding hydrogens is 220 g/mol. The molecule has 1 aromatic heterocycles. The van der Waals surface area contributed by atoms with Crippen molar-refractivity contribution in [2.45, 2.75) is 19.4 Å². The standard InChI is InChI=1S/C12H16N2OS/c13-5-11-4-12(16-9-11)7-14-3-1-2-10(6-14)8-15/h4,9-10,15H,1-3,6-8H2. The van der Waals surface area contributed by atoms with Gasteiger partial charge in [-0.05, 0) is 31.4 Å². The molecule has 0 radical (unpaired) electrons. The number of thiophene rings is 1. The summed E-state index contributed by atoms with van der Waals surface area (Å²) >= 11 is 1.65. The molecule has 1 aliphatic heterocycles. The van der Waals surface area contributed by atoms with E-state index in [0.29, 0.717) is 12.5 Å². The highest BCUT2D eigenvalue weighted by molar-refractivity contribution is 7.10. The first-order valence-corrected chi connectivity index (χ1v) is 6.50. The van der Waals surface area contributed by atoms with Crippen molar-refractivity contribution >= 4 is 11.3 Å². The number of aliphatic hydroxyl groups excluding tert-OH is 1. The van der Waals surface area contributed by atoms with Crippen molar-refractivity contribution in [1.29, 1.82) is 5.26 Å². The molecule has 1 unspecified atom stereocenters. The van der Waals surface area contributed by atoms with Gasteiger partial charge >= 0.3 is 0 Å². The van der Waals surface area contributed by atoms with E-state index in [2.05, 4.69) is 11.0 Å². The van der Waals surface area contributed by atoms with E-state index in [4.69, 9.17) is 10.4 Å². The molecule has 0 amide bonds. The molecule has 2 heterocycles. The van der Waals surface area contributed by atoms with Gasteiger partial charge in [0.2, 0.25) is 0 Å². The highest BCUT2D eigenvalue weighted by Crippen LogP contribution is 2.21. The summed E-state index contributed by atoms with van der Waals surface area (Å²) in [6, 6.07) is 4.12. The number of likely N-dealkylation sites (tertiary alicyclic amines) is 1. The molecule has 1 fully saturated rings. The zero-order valence-corrected chi connectivity index (χ0v) is 10.0. The lowest BCUT2D eigenvalue weighted by Crippen LogP contribution is -2.36. The van der Waals surface area contributed by atoms with Crippen LogP contribution < -0.4 is 0 Å². The lowest BCUT2D eigenvalue weighted by molar-refractivity contribution is 0.116. The van der Waals surface area contributed by atoms with E-state index in [0.717, 1.165) is 31.6 Å². The Hall–Kier alpha value is -0.890. The Morgan fingerprint density at radius 2 is 2.50 bits per heavy atom. The summed E-state index contributed by atoms with van der Waals surface area (Å²) in [5.41, 5.74) is 0.760. The van der Waals surface area contributed by atoms with Crippen molar-refractivity contribution in [1.82, 2.24) is 4.90 Å². The lowest BCUT2D eigenvalue weighted by atomic mass is 9.99. The van der Waals surface area contributed by atoms with Crippen molar-refractivity contribution in [3.63, 3.8) is 0 Å². The average Bonchev–Trinajstić information content (AvgIpc) is 2.77. The molecule has 0 aliphatic carbocycles. The topological polar surface area (TPSA) is 47.3 Å². The molecule has 0 saturated carbocycles. The molecular formula is C12H16N2OS. The first kappa shape index (κ1) is 11.6. The Bertz CT molecular complexity index is 383. The highest BCUT2D eigenvalue weighted by atomic mass is 32.1. The quantitative estimate of drug-likeness (QED) is 0.871. The maximum Gasteiger partial charge on any atom is 0.100 e. The lowest BCUT2D eigenvalue weighted by Gasteiger charge is -2.31. The molecule has 0 spiro atoms. The van der Waals surface area contributed by atoms with Gasteiger partial charge in [0, 0.05) is 30.0 Å². The van der Waals surface area contributed by atoms with E-state index in [1.54, 1.807) is 11.3 Å². The Morgan fingerprint density at radius 3 is 3.19 bits per heavy atom. The van der Waals surface area contributed by atoms with Gasteiger partial charge in [-0.2, -0.15) is 5.26 Å². The van der Waals surface area contributed by atoms with E-state index in [1.165, 1.54) is 11.3 Å². The number of hydrogen-bond acceptors (Lipinski definition) is 4. The maximum atomic E-state index is 9.15. The Labute approximate surface area is 99.9 Å². The molecule has 3 nitrogen and oxygen atoms in total. The second kappa shape index (κ2) is 5.44. The third-order valence-electron chi connectivity index (χ3n) is 3.02. The van der Waals surface area contributed by atoms with E-state index in [-0.39, 0.29) is 0 Å². The largest absolute Gasteiger partial charge is 0.396 e. The van der Waals surface area contributed by atoms with Crippen molar-refractivity contribution in [2.75, 3.05) is 19.7 Å². The van der Waals surface area contributed by atoms with Crippen LogP contribution >= 0.6 is 11.3 Å². The first-order valence-electron chi connectivity index (χ1n) is 5.62. The third-order valence-corrected chi connectivity index (χ3v) is 3.95. The van der Waals surface area contributed by atoms with Gasteiger partial charge in [-0.1, -0.05) is 0 Å². The van der Waals surface area contributed by atoms with E-state index in [1.807, 2.05) is 11.4 Å². The number of nitrogens with zero attached hydrogens (tertiary/aromatic N) is 2. The van der Waals surface area contributed by atoms with Crippen LogP contribution in [0.1, 0.15) is 23.3 Å². The second-order valence-electron chi connectivity index (χ2n) is 4.34. The summed E-state index contributed by atoms with van der Waals surface area (Å²) in [7, 11) is 0. The molecule has 1 aliphatic rings. The summed E-state index contributed by atoms with van der Waals surface area (Å²) in [6.07, 6.45) is 2.31. The smallest absolute Gasteiger partial charge is 0.100 e. The molecule has 86 valence electrons. The number of hydrogen-bond donors (Lipinski definition) is 1. The predicted octanol–water partition coefficient (Wildman–Crippen LogP) is 1.82. The van der Waals surface area contributed by atoms with Crippen LogP contribution in [0.25, 0.3) is 0 Å². The second-order valence-corrected chi connectivity index (χ2v) is 5.34. The SMILES string of the molecule is N#Cc1csc(CN2CCCC(CO)C2)c1. The normalized spacial score (nSPS) is 21.9. The van der Waals surface area contributed by atoms with Crippen LogP contribution in [0.15, 0.2) is 11.4 Å². The Morgan fingerprint density at radius 1 is 1.62 bits per heavy atom. The van der Waals surface area contributed by atoms with Gasteiger partial charge < -0.3 is 5.11 Å². The van der Waals surface area contributed by atoms with Crippen LogP contribution in [0.2, 0.25) is 0 Å². The van der Waals surface area contributed by atoms with Crippen LogP contribution in [0.5, 0.6) is 0 Å². The first-order chi connectivity index (χ1) is 7.81. The molecule has 1 N–H and O–H groups in total. The predicted molar refractivity (Wildman–Crippen MR) is 64.1 cm³/mol. The number of nitriles is 1. The van der Waals surface area contributed by atoms with Crippen LogP contribution in [0.3, 0.4) is 0 Å². The van der Waals surface area contributed by atoms with Gasteiger partial charge in [0.15, 0.2) is 0 Å². The molecule has 1 saturated heterocycles. The molecule has 4 heteroatoms. The summed E-state index contributed by atoms with van der Waals surface area (Å²) in [5, 5.41) is 19.8. The van der Waals surface area contributed by atoms with Crippen molar-refractivity contribution in [3.05, 3.63) is 21.9 Å². The maximum absolute atomic E-state index is 9.15. The van der Waals surface area contributed by atoms with Gasteiger partial charge in [-0.15, -0.1) is 11.3 Å². The molecule has 16 heavy (non-hydrogen) atoms. The van der Waals surface area contributed by atoms with Crippen LogP contribution in [0, 0.1) is 17.2 Å². The Kier molecular flexibility index (Phi) is 3.94. The molecule has 1 atom stereocenters. The van der Waals surface area contributed by atoms with E-state index >= 15 is 0 Å². The number of piperidine rings is 1. The van der Waals surface area contributed by atoms with Crippen LogP contribution in [-0.2, 0) is 6.54 Å². The zero-order valence-electron chi connectivity index (χ0n) is 9.22. The number of aliphatic hydroxyl groups is 1. The number of rotatable bonds is 3. The minimum atomic E-state index is 0.296. The minimum Gasteiger partial charge on any atom is -0.396 e. The van der Waals surface area contributed by atoms with Gasteiger partial charge in [0.25, 0.3) is 0 Å². The summed E-state index contributed by atoms with van der Waals surface area (Å²) < 4.78 is 0. The van der Waals surface area contributed by atoms with E-state index in [9.17, 15) is 0 Å². The average molecular weight is 236 g/mol. The monoisotopic (exact) mass is 236 g/mol. The zero-order chi connectivity index (χ0) is 11.4. The van der Waals surface area contributed by atoms with Crippen molar-refractivity contribution in [3.8, 4) is 6.07 Å². The van der Waals surface area contributed by atoms with E-state index < -0.39 is 0 Å². The minimum absolute atomic E-state index is 0.296. The van der Waals surface area contributed by atoms with Gasteiger partial charge in [0.1, 0.15) is 6.07 Å².